The topological polar surface area (TPSA) is 46.9 Å². The molecular weight excluding hydrogens is 295 g/mol. The monoisotopic (exact) mass is 311 g/mol. The Kier molecular flexibility index (Phi) is 5.07. The lowest BCUT2D eigenvalue weighted by Gasteiger charge is -2.15. The van der Waals surface area contributed by atoms with Crippen molar-refractivity contribution < 1.29 is 18.0 Å². The molecule has 20 heavy (non-hydrogen) atoms. The number of nitrogens with zero attached hydrogens (tertiary/aromatic N) is 2. The van der Waals surface area contributed by atoms with Gasteiger partial charge in [0.05, 0.1) is 10.7 Å². The highest BCUT2D eigenvalue weighted by Crippen LogP contribution is 2.36. The Balaban J connectivity index is 3.00. The van der Waals surface area contributed by atoms with Gasteiger partial charge in [0.1, 0.15) is 6.04 Å². The number of hydrogen-bond donors (Lipinski definition) is 1. The number of aromatic nitrogens is 2. The van der Waals surface area contributed by atoms with E-state index in [9.17, 15) is 18.0 Å². The van der Waals surface area contributed by atoms with Gasteiger partial charge in [0.25, 0.3) is 0 Å². The number of halogens is 4. The highest BCUT2D eigenvalue weighted by molar-refractivity contribution is 6.32. The molecule has 114 valence electrons. The molecule has 1 rings (SSSR count). The van der Waals surface area contributed by atoms with Crippen LogP contribution in [0.15, 0.2) is 0 Å². The van der Waals surface area contributed by atoms with Gasteiger partial charge in [-0.3, -0.25) is 9.48 Å². The van der Waals surface area contributed by atoms with E-state index in [-0.39, 0.29) is 11.6 Å². The Labute approximate surface area is 120 Å². The molecule has 1 aromatic rings. The van der Waals surface area contributed by atoms with E-state index < -0.39 is 28.8 Å². The van der Waals surface area contributed by atoms with Gasteiger partial charge in [0.2, 0.25) is 5.91 Å². The SMILES string of the molecule is Cc1c(Cl)c(C(F)(F)F)nn1C(C)C(=O)NCC(C)C. The lowest BCUT2D eigenvalue weighted by molar-refractivity contribution is -0.141. The number of alkyl halides is 3. The van der Waals surface area contributed by atoms with Crippen molar-refractivity contribution in [2.24, 2.45) is 5.92 Å². The van der Waals surface area contributed by atoms with E-state index in [1.807, 2.05) is 13.8 Å². The van der Waals surface area contributed by atoms with E-state index in [2.05, 4.69) is 10.4 Å². The second-order valence-corrected chi connectivity index (χ2v) is 5.38. The summed E-state index contributed by atoms with van der Waals surface area (Å²) in [5, 5.41) is 5.61. The first-order valence-corrected chi connectivity index (χ1v) is 6.53. The molecule has 4 nitrogen and oxygen atoms in total. The first-order valence-electron chi connectivity index (χ1n) is 6.15. The molecule has 1 heterocycles. The summed E-state index contributed by atoms with van der Waals surface area (Å²) >= 11 is 5.64. The summed E-state index contributed by atoms with van der Waals surface area (Å²) < 4.78 is 39.1. The van der Waals surface area contributed by atoms with E-state index in [0.29, 0.717) is 6.54 Å². The minimum absolute atomic E-state index is 0.117. The molecule has 0 aliphatic heterocycles. The van der Waals surface area contributed by atoms with Gasteiger partial charge in [-0.15, -0.1) is 0 Å². The zero-order valence-electron chi connectivity index (χ0n) is 11.7. The summed E-state index contributed by atoms with van der Waals surface area (Å²) in [6, 6.07) is -0.859. The molecule has 0 spiro atoms. The first kappa shape index (κ1) is 16.8. The van der Waals surface area contributed by atoms with E-state index >= 15 is 0 Å². The van der Waals surface area contributed by atoms with Crippen molar-refractivity contribution in [1.82, 2.24) is 15.1 Å². The van der Waals surface area contributed by atoms with Crippen LogP contribution in [-0.2, 0) is 11.0 Å². The zero-order chi connectivity index (χ0) is 15.7. The third-order valence-corrected chi connectivity index (χ3v) is 3.23. The zero-order valence-corrected chi connectivity index (χ0v) is 12.4. The molecular formula is C12H17ClF3N3O. The van der Waals surface area contributed by atoms with Crippen LogP contribution < -0.4 is 5.32 Å². The van der Waals surface area contributed by atoms with Gasteiger partial charge in [-0.25, -0.2) is 0 Å². The number of nitrogens with one attached hydrogen (secondary N) is 1. The third-order valence-electron chi connectivity index (χ3n) is 2.78. The van der Waals surface area contributed by atoms with E-state index in [0.717, 1.165) is 4.68 Å². The van der Waals surface area contributed by atoms with Gasteiger partial charge < -0.3 is 5.32 Å². The summed E-state index contributed by atoms with van der Waals surface area (Å²) in [4.78, 5) is 11.9. The van der Waals surface area contributed by atoms with Gasteiger partial charge in [0.15, 0.2) is 5.69 Å². The summed E-state index contributed by atoms with van der Waals surface area (Å²) in [5.41, 5.74) is -1.05. The van der Waals surface area contributed by atoms with Gasteiger partial charge >= 0.3 is 6.18 Å². The van der Waals surface area contributed by atoms with Gasteiger partial charge in [-0.1, -0.05) is 25.4 Å². The van der Waals surface area contributed by atoms with Crippen molar-refractivity contribution in [2.45, 2.75) is 39.9 Å². The molecule has 0 fully saturated rings. The van der Waals surface area contributed by atoms with Crippen molar-refractivity contribution in [2.75, 3.05) is 6.54 Å². The van der Waals surface area contributed by atoms with Crippen molar-refractivity contribution in [3.8, 4) is 0 Å². The third kappa shape index (κ3) is 3.65. The lowest BCUT2D eigenvalue weighted by Crippen LogP contribution is -2.34. The normalized spacial score (nSPS) is 13.7. The van der Waals surface area contributed by atoms with E-state index in [1.165, 1.54) is 13.8 Å². The molecule has 8 heteroatoms. The van der Waals surface area contributed by atoms with Crippen molar-refractivity contribution in [3.63, 3.8) is 0 Å². The average molecular weight is 312 g/mol. The second-order valence-electron chi connectivity index (χ2n) is 5.01. The van der Waals surface area contributed by atoms with Crippen LogP contribution in [0.25, 0.3) is 0 Å². The summed E-state index contributed by atoms with van der Waals surface area (Å²) in [6.45, 7) is 7.16. The highest BCUT2D eigenvalue weighted by atomic mass is 35.5. The van der Waals surface area contributed by atoms with Crippen LogP contribution in [0.5, 0.6) is 0 Å². The quantitative estimate of drug-likeness (QED) is 0.928. The molecule has 0 aliphatic carbocycles. The van der Waals surface area contributed by atoms with Crippen LogP contribution in [0.1, 0.15) is 38.2 Å². The molecule has 0 bridgehead atoms. The minimum atomic E-state index is -4.64. The average Bonchev–Trinajstić information content (AvgIpc) is 2.62. The van der Waals surface area contributed by atoms with E-state index in [1.54, 1.807) is 0 Å². The Morgan fingerprint density at radius 1 is 1.40 bits per heavy atom. The molecule has 0 aliphatic rings. The predicted octanol–water partition coefficient (Wildman–Crippen LogP) is 3.20. The molecule has 1 aromatic heterocycles. The van der Waals surface area contributed by atoms with Crippen molar-refractivity contribution >= 4 is 17.5 Å². The van der Waals surface area contributed by atoms with Crippen molar-refractivity contribution in [1.29, 1.82) is 0 Å². The van der Waals surface area contributed by atoms with Gasteiger partial charge in [-0.2, -0.15) is 18.3 Å². The fraction of sp³-hybridized carbons (Fsp3) is 0.667. The molecule has 1 atom stereocenters. The maximum Gasteiger partial charge on any atom is 0.436 e. The Bertz CT molecular complexity index is 497. The number of carbonyl (C=O) groups is 1. The van der Waals surface area contributed by atoms with Crippen LogP contribution in [-0.4, -0.2) is 22.2 Å². The van der Waals surface area contributed by atoms with Crippen LogP contribution in [0.2, 0.25) is 5.02 Å². The maximum atomic E-state index is 12.7. The minimum Gasteiger partial charge on any atom is -0.354 e. The number of amides is 1. The fourth-order valence-electron chi connectivity index (χ4n) is 1.62. The summed E-state index contributed by atoms with van der Waals surface area (Å²) in [6.07, 6.45) is -4.64. The molecule has 1 N–H and O–H groups in total. The van der Waals surface area contributed by atoms with Gasteiger partial charge in [-0.05, 0) is 19.8 Å². The molecule has 1 unspecified atom stereocenters. The van der Waals surface area contributed by atoms with E-state index in [4.69, 9.17) is 11.6 Å². The predicted molar refractivity (Wildman–Crippen MR) is 69.5 cm³/mol. The molecule has 0 saturated heterocycles. The van der Waals surface area contributed by atoms with Gasteiger partial charge in [0, 0.05) is 6.54 Å². The fourth-order valence-corrected chi connectivity index (χ4v) is 1.85. The molecule has 0 aromatic carbocycles. The second kappa shape index (κ2) is 6.03. The van der Waals surface area contributed by atoms with Crippen molar-refractivity contribution in [3.05, 3.63) is 16.4 Å². The summed E-state index contributed by atoms with van der Waals surface area (Å²) in [7, 11) is 0. The molecule has 1 amide bonds. The Morgan fingerprint density at radius 2 is 1.95 bits per heavy atom. The van der Waals surface area contributed by atoms with Crippen LogP contribution in [0.3, 0.4) is 0 Å². The highest BCUT2D eigenvalue weighted by Gasteiger charge is 2.39. The molecule has 0 saturated carbocycles. The van der Waals surface area contributed by atoms with Crippen LogP contribution in [0.4, 0.5) is 13.2 Å². The number of carbonyl (C=O) groups excluding carboxylic acids is 1. The van der Waals surface area contributed by atoms with Crippen LogP contribution in [0, 0.1) is 12.8 Å². The standard InChI is InChI=1S/C12H17ClF3N3O/c1-6(2)5-17-11(20)8(4)19-7(3)9(13)10(18-19)12(14,15)16/h6,8H,5H2,1-4H3,(H,17,20). The largest absolute Gasteiger partial charge is 0.436 e. The maximum absolute atomic E-state index is 12.7. The first-order chi connectivity index (χ1) is 9.05. The number of rotatable bonds is 4. The Hall–Kier alpha value is -1.24. The van der Waals surface area contributed by atoms with Crippen LogP contribution >= 0.6 is 11.6 Å². The smallest absolute Gasteiger partial charge is 0.354 e. The lowest BCUT2D eigenvalue weighted by atomic mass is 10.2. The molecule has 0 radical (unpaired) electrons. The Morgan fingerprint density at radius 3 is 2.35 bits per heavy atom. The number of hydrogen-bond acceptors (Lipinski definition) is 2. The summed E-state index contributed by atoms with van der Waals surface area (Å²) in [5.74, 6) is -0.145.